The Morgan fingerprint density at radius 3 is 1.00 bits per heavy atom. The van der Waals surface area contributed by atoms with Crippen LogP contribution in [0.15, 0.2) is 0 Å². The second kappa shape index (κ2) is 16.3. The largest absolute Gasteiger partial charge is 2.00 e. The topological polar surface area (TPSA) is 0 Å². The zero-order chi connectivity index (χ0) is 0. The third-order valence-corrected chi connectivity index (χ3v) is 0. The number of rotatable bonds is 0. The van der Waals surface area contributed by atoms with Crippen molar-refractivity contribution in [1.29, 1.82) is 0 Å². The average Bonchev–Trinajstić information content (AvgIpc) is 0. The van der Waals surface area contributed by atoms with Gasteiger partial charge in [0.05, 0.1) is 0 Å². The molecule has 0 saturated carbocycles. The van der Waals surface area contributed by atoms with Crippen molar-refractivity contribution >= 4 is 105 Å². The molecule has 0 aromatic heterocycles. The van der Waals surface area contributed by atoms with Crippen LogP contribution in [0.2, 0.25) is 0 Å². The normalized spacial score (nSPS) is 0. The van der Waals surface area contributed by atoms with E-state index in [0.717, 1.165) is 0 Å². The molecular weight excluding hydrogens is 196 g/mol. The molecule has 0 spiro atoms. The molecule has 0 aliphatic rings. The van der Waals surface area contributed by atoms with Crippen molar-refractivity contribution in [3.8, 4) is 0 Å². The molecule has 0 bridgehead atoms. The maximum absolute atomic E-state index is 0. The molecular formula is H6BrCa2Cl. The fourth-order valence-corrected chi connectivity index (χ4v) is 0. The van der Waals surface area contributed by atoms with Gasteiger partial charge in [0.1, 0.15) is 0 Å². The Balaban J connectivity index is 0. The standard InChI is InChI=1S/BrH.2Ca.ClH.4H/h1H;;;1H;;;;/q;2*+2;;4*-1. The van der Waals surface area contributed by atoms with Crippen LogP contribution in [0.5, 0.6) is 0 Å². The van der Waals surface area contributed by atoms with Gasteiger partial charge < -0.3 is 5.71 Å². The Bertz CT molecular complexity index is 14.0. The Labute approximate surface area is 108 Å². The van der Waals surface area contributed by atoms with Gasteiger partial charge in [0.15, 0.2) is 0 Å². The van der Waals surface area contributed by atoms with E-state index < -0.39 is 0 Å². The zero-order valence-corrected chi connectivity index (χ0v) is 9.18. The number of hydrogen-bond acceptors (Lipinski definition) is 0. The van der Waals surface area contributed by atoms with Gasteiger partial charge in [-0.3, -0.25) is 0 Å². The maximum Gasteiger partial charge on any atom is 2.00 e. The molecule has 0 amide bonds. The van der Waals surface area contributed by atoms with E-state index in [-0.39, 0.29) is 111 Å². The summed E-state index contributed by atoms with van der Waals surface area (Å²) >= 11 is 0. The van der Waals surface area contributed by atoms with E-state index >= 15 is 0 Å². The molecule has 4 heteroatoms. The van der Waals surface area contributed by atoms with Crippen molar-refractivity contribution in [1.82, 2.24) is 0 Å². The van der Waals surface area contributed by atoms with Gasteiger partial charge in [-0.05, 0) is 0 Å². The van der Waals surface area contributed by atoms with Crippen molar-refractivity contribution < 1.29 is 5.71 Å². The molecule has 0 aromatic rings. The summed E-state index contributed by atoms with van der Waals surface area (Å²) in [5, 5.41) is 0. The first-order chi connectivity index (χ1) is 0. The molecule has 0 fully saturated rings. The summed E-state index contributed by atoms with van der Waals surface area (Å²) in [6.45, 7) is 0. The molecule has 0 unspecified atom stereocenters. The van der Waals surface area contributed by atoms with E-state index in [9.17, 15) is 0 Å². The van der Waals surface area contributed by atoms with E-state index in [1.807, 2.05) is 0 Å². The van der Waals surface area contributed by atoms with Gasteiger partial charge in [0, 0.05) is 0 Å². The van der Waals surface area contributed by atoms with Crippen LogP contribution < -0.4 is 0 Å². The molecule has 0 nitrogen and oxygen atoms in total. The SMILES string of the molecule is Br.Cl.[Ca+2].[Ca+2].[H-].[H-].[H-].[H-]. The van der Waals surface area contributed by atoms with Crippen molar-refractivity contribution in [2.24, 2.45) is 0 Å². The van der Waals surface area contributed by atoms with Gasteiger partial charge in [0.25, 0.3) is 0 Å². The van der Waals surface area contributed by atoms with Crippen LogP contribution in [-0.4, -0.2) is 75.5 Å². The summed E-state index contributed by atoms with van der Waals surface area (Å²) in [5.41, 5.74) is 0. The Hall–Kier alpha value is 3.29. The first-order valence-electron chi connectivity index (χ1n) is 0. The molecule has 0 aromatic carbocycles. The molecule has 0 aliphatic heterocycles. The summed E-state index contributed by atoms with van der Waals surface area (Å²) in [6, 6.07) is 0. The second-order valence-corrected chi connectivity index (χ2v) is 0. The van der Waals surface area contributed by atoms with Crippen molar-refractivity contribution in [2.75, 3.05) is 0 Å². The number of halogens is 2. The molecule has 0 N–H and O–H groups in total. The van der Waals surface area contributed by atoms with Crippen LogP contribution in [0, 0.1) is 0 Å². The summed E-state index contributed by atoms with van der Waals surface area (Å²) in [4.78, 5) is 0. The first kappa shape index (κ1) is 26.6. The minimum absolute atomic E-state index is 0. The van der Waals surface area contributed by atoms with E-state index in [1.54, 1.807) is 0 Å². The predicted octanol–water partition coefficient (Wildman–Crippen LogP) is 0.688. The molecule has 0 atom stereocenters. The summed E-state index contributed by atoms with van der Waals surface area (Å²) in [5.74, 6) is 0. The Kier molecular flexibility index (Phi) is 108. The van der Waals surface area contributed by atoms with Gasteiger partial charge in [-0.1, -0.05) is 0 Å². The van der Waals surface area contributed by atoms with Crippen LogP contribution in [0.25, 0.3) is 0 Å². The van der Waals surface area contributed by atoms with Gasteiger partial charge in [-0.2, -0.15) is 0 Å². The minimum Gasteiger partial charge on any atom is -1.00 e. The second-order valence-electron chi connectivity index (χ2n) is 0. The zero-order valence-electron chi connectivity index (χ0n) is 6.23. The third kappa shape index (κ3) is 8.99. The fourth-order valence-electron chi connectivity index (χ4n) is 0. The van der Waals surface area contributed by atoms with Crippen molar-refractivity contribution in [3.05, 3.63) is 0 Å². The van der Waals surface area contributed by atoms with E-state index in [2.05, 4.69) is 0 Å². The fraction of sp³-hybridized carbons (Fsp3) is 0. The molecule has 0 radical (unpaired) electrons. The monoisotopic (exact) mass is 200 g/mol. The third-order valence-electron chi connectivity index (χ3n) is 0. The van der Waals surface area contributed by atoms with Crippen LogP contribution in [0.4, 0.5) is 0 Å². The first-order valence-corrected chi connectivity index (χ1v) is 0. The van der Waals surface area contributed by atoms with Crippen LogP contribution in [0.3, 0.4) is 0 Å². The van der Waals surface area contributed by atoms with Crippen molar-refractivity contribution in [3.63, 3.8) is 0 Å². The van der Waals surface area contributed by atoms with Crippen LogP contribution in [-0.2, 0) is 0 Å². The molecule has 0 rings (SSSR count). The molecule has 4 heavy (non-hydrogen) atoms. The Morgan fingerprint density at radius 1 is 1.00 bits per heavy atom. The van der Waals surface area contributed by atoms with Gasteiger partial charge in [-0.15, -0.1) is 29.4 Å². The van der Waals surface area contributed by atoms with Gasteiger partial charge in [0.2, 0.25) is 0 Å². The van der Waals surface area contributed by atoms with Crippen LogP contribution in [0.1, 0.15) is 5.71 Å². The quantitative estimate of drug-likeness (QED) is 0.506. The van der Waals surface area contributed by atoms with Crippen molar-refractivity contribution in [2.45, 2.75) is 0 Å². The average molecular weight is 202 g/mol. The van der Waals surface area contributed by atoms with Crippen LogP contribution >= 0.6 is 29.4 Å². The Morgan fingerprint density at radius 2 is 1.00 bits per heavy atom. The van der Waals surface area contributed by atoms with E-state index in [0.29, 0.717) is 0 Å². The summed E-state index contributed by atoms with van der Waals surface area (Å²) in [7, 11) is 0. The molecule has 0 heterocycles. The maximum atomic E-state index is 0. The predicted molar refractivity (Wildman–Crippen MR) is 33.5 cm³/mol. The smallest absolute Gasteiger partial charge is 1.00 e. The molecule has 0 saturated heterocycles. The molecule has 0 aliphatic carbocycles. The number of hydrogen-bond donors (Lipinski definition) is 0. The minimum atomic E-state index is 0. The summed E-state index contributed by atoms with van der Waals surface area (Å²) < 4.78 is 0. The molecule has 24 valence electrons. The summed E-state index contributed by atoms with van der Waals surface area (Å²) in [6.07, 6.45) is 0. The van der Waals surface area contributed by atoms with E-state index in [1.165, 1.54) is 0 Å². The van der Waals surface area contributed by atoms with Gasteiger partial charge >= 0.3 is 75.5 Å². The van der Waals surface area contributed by atoms with Gasteiger partial charge in [-0.25, -0.2) is 0 Å². The van der Waals surface area contributed by atoms with E-state index in [4.69, 9.17) is 0 Å².